The lowest BCUT2D eigenvalue weighted by Gasteiger charge is -2.17. The molecule has 1 amide bonds. The van der Waals surface area contributed by atoms with Gasteiger partial charge < -0.3 is 14.8 Å². The lowest BCUT2D eigenvalue weighted by Crippen LogP contribution is -2.40. The van der Waals surface area contributed by atoms with Crippen LogP contribution < -0.4 is 10.1 Å². The van der Waals surface area contributed by atoms with Gasteiger partial charge in [-0.25, -0.2) is 13.6 Å². The van der Waals surface area contributed by atoms with Crippen molar-refractivity contribution < 1.29 is 23.0 Å². The zero-order valence-corrected chi connectivity index (χ0v) is 13.6. The van der Waals surface area contributed by atoms with Crippen LogP contribution in [0, 0.1) is 0 Å². The number of carbonyl (C=O) groups excluding carboxylic acids is 1. The van der Waals surface area contributed by atoms with Crippen LogP contribution in [-0.4, -0.2) is 35.4 Å². The molecule has 0 atom stereocenters. The van der Waals surface area contributed by atoms with Crippen molar-refractivity contribution in [3.63, 3.8) is 0 Å². The predicted octanol–water partition coefficient (Wildman–Crippen LogP) is 3.48. The van der Waals surface area contributed by atoms with Gasteiger partial charge in [0.25, 0.3) is 5.92 Å². The van der Waals surface area contributed by atoms with Crippen LogP contribution >= 0.6 is 0 Å². The average Bonchev–Trinajstić information content (AvgIpc) is 3.06. The summed E-state index contributed by atoms with van der Waals surface area (Å²) in [7, 11) is 0. The van der Waals surface area contributed by atoms with Gasteiger partial charge in [0.05, 0.1) is 12.1 Å². The quantitative estimate of drug-likeness (QED) is 0.644. The van der Waals surface area contributed by atoms with Gasteiger partial charge >= 0.3 is 6.09 Å². The molecule has 134 valence electrons. The van der Waals surface area contributed by atoms with Crippen molar-refractivity contribution in [2.75, 3.05) is 13.2 Å². The second kappa shape index (κ2) is 6.29. The highest BCUT2D eigenvalue weighted by Crippen LogP contribution is 2.30. The van der Waals surface area contributed by atoms with Gasteiger partial charge in [-0.15, -0.1) is 0 Å². The minimum absolute atomic E-state index is 0.0324. The van der Waals surface area contributed by atoms with Gasteiger partial charge in [-0.1, -0.05) is 18.2 Å². The summed E-state index contributed by atoms with van der Waals surface area (Å²) in [5.41, 5.74) is 2.97. The molecular weight excluding hydrogens is 344 g/mol. The minimum Gasteiger partial charge on any atom is -0.487 e. The molecule has 1 aliphatic heterocycles. The Morgan fingerprint density at radius 2 is 2.00 bits per heavy atom. The van der Waals surface area contributed by atoms with Crippen molar-refractivity contribution in [3.8, 4) is 17.0 Å². The van der Waals surface area contributed by atoms with Gasteiger partial charge in [-0.05, 0) is 29.8 Å². The zero-order valence-electron chi connectivity index (χ0n) is 13.6. The number of halogens is 2. The first-order chi connectivity index (χ1) is 12.5. The summed E-state index contributed by atoms with van der Waals surface area (Å²) in [5.74, 6) is -2.93. The third-order valence-electron chi connectivity index (χ3n) is 4.05. The molecule has 3 aromatic rings. The molecule has 4 rings (SSSR count). The summed E-state index contributed by atoms with van der Waals surface area (Å²) in [4.78, 5) is 11.6. The summed E-state index contributed by atoms with van der Waals surface area (Å²) in [6.07, 6.45) is -0.910. The van der Waals surface area contributed by atoms with Crippen LogP contribution in [-0.2, 0) is 11.3 Å². The summed E-state index contributed by atoms with van der Waals surface area (Å²) in [6.45, 7) is -1.76. The molecule has 0 aliphatic carbocycles. The Labute approximate surface area is 147 Å². The summed E-state index contributed by atoms with van der Waals surface area (Å²) in [6, 6.07) is 12.3. The Hall–Kier alpha value is -3.16. The van der Waals surface area contributed by atoms with Crippen molar-refractivity contribution >= 4 is 17.0 Å². The maximum Gasteiger partial charge on any atom is 0.407 e. The Morgan fingerprint density at radius 3 is 2.88 bits per heavy atom. The number of benzene rings is 2. The highest BCUT2D eigenvalue weighted by Gasteiger charge is 2.31. The number of amides is 1. The molecule has 2 aromatic carbocycles. The van der Waals surface area contributed by atoms with Gasteiger partial charge in [0, 0.05) is 10.9 Å². The number of fused-ring (bicyclic) bond motifs is 4. The molecule has 4 bridgehead atoms. The first-order valence-corrected chi connectivity index (χ1v) is 7.99. The summed E-state index contributed by atoms with van der Waals surface area (Å²) >= 11 is 0. The number of aromatic amines is 1. The number of alkyl halides is 2. The minimum atomic E-state index is -3.23. The Kier molecular flexibility index (Phi) is 3.95. The van der Waals surface area contributed by atoms with E-state index in [2.05, 4.69) is 15.5 Å². The van der Waals surface area contributed by atoms with E-state index in [1.165, 1.54) is 0 Å². The fraction of sp³-hybridized carbons (Fsp3) is 0.222. The average molecular weight is 359 g/mol. The molecule has 0 spiro atoms. The number of nitrogens with zero attached hydrogens (tertiary/aromatic N) is 1. The number of cyclic esters (lactones) is 1. The van der Waals surface area contributed by atoms with Crippen LogP contribution in [0.5, 0.6) is 5.75 Å². The van der Waals surface area contributed by atoms with Gasteiger partial charge in [-0.2, -0.15) is 5.10 Å². The molecule has 0 saturated carbocycles. The summed E-state index contributed by atoms with van der Waals surface area (Å²) < 4.78 is 38.0. The molecule has 2 heterocycles. The maximum atomic E-state index is 13.9. The van der Waals surface area contributed by atoms with Crippen LogP contribution in [0.4, 0.5) is 13.6 Å². The van der Waals surface area contributed by atoms with Crippen LogP contribution in [0.3, 0.4) is 0 Å². The van der Waals surface area contributed by atoms with Crippen LogP contribution in [0.25, 0.3) is 22.2 Å². The summed E-state index contributed by atoms with van der Waals surface area (Å²) in [5, 5.41) is 10.1. The van der Waals surface area contributed by atoms with E-state index < -0.39 is 25.2 Å². The normalized spacial score (nSPS) is 16.9. The van der Waals surface area contributed by atoms with Gasteiger partial charge in [0.2, 0.25) is 0 Å². The van der Waals surface area contributed by atoms with Crippen molar-refractivity contribution in [2.45, 2.75) is 12.5 Å². The van der Waals surface area contributed by atoms with Crippen LogP contribution in [0.15, 0.2) is 42.5 Å². The number of carbonyl (C=O) groups is 1. The molecule has 8 heteroatoms. The number of ether oxygens (including phenoxy) is 2. The monoisotopic (exact) mass is 359 g/mol. The van der Waals surface area contributed by atoms with E-state index in [1.54, 1.807) is 24.3 Å². The SMILES string of the molecule is O=C1NCC(F)(F)COc2ccc3[nH]nc(c3c2)-c2cccc(c2)CO1. The molecule has 26 heavy (non-hydrogen) atoms. The van der Waals surface area contributed by atoms with E-state index in [0.717, 1.165) is 22.0 Å². The largest absolute Gasteiger partial charge is 0.487 e. The zero-order chi connectivity index (χ0) is 18.1. The van der Waals surface area contributed by atoms with E-state index in [0.29, 0.717) is 11.4 Å². The number of nitrogens with one attached hydrogen (secondary N) is 2. The van der Waals surface area contributed by atoms with E-state index >= 15 is 0 Å². The Bertz CT molecular complexity index is 971. The predicted molar refractivity (Wildman–Crippen MR) is 90.2 cm³/mol. The number of alkyl carbamates (subject to hydrolysis) is 1. The second-order valence-electron chi connectivity index (χ2n) is 6.05. The van der Waals surface area contributed by atoms with Crippen molar-refractivity contribution in [2.24, 2.45) is 0 Å². The first kappa shape index (κ1) is 16.3. The molecular formula is C18H15F2N3O3. The lowest BCUT2D eigenvalue weighted by atomic mass is 10.1. The highest BCUT2D eigenvalue weighted by atomic mass is 19.3. The topological polar surface area (TPSA) is 76.2 Å². The molecule has 1 aromatic heterocycles. The fourth-order valence-electron chi connectivity index (χ4n) is 2.75. The van der Waals surface area contributed by atoms with E-state index in [1.807, 2.05) is 18.2 Å². The third kappa shape index (κ3) is 3.30. The van der Waals surface area contributed by atoms with Crippen molar-refractivity contribution in [3.05, 3.63) is 48.0 Å². The molecule has 0 unspecified atom stereocenters. The smallest absolute Gasteiger partial charge is 0.407 e. The fourth-order valence-corrected chi connectivity index (χ4v) is 2.75. The first-order valence-electron chi connectivity index (χ1n) is 7.99. The van der Waals surface area contributed by atoms with E-state index in [9.17, 15) is 13.6 Å². The van der Waals surface area contributed by atoms with Crippen LogP contribution in [0.1, 0.15) is 5.56 Å². The maximum absolute atomic E-state index is 13.9. The van der Waals surface area contributed by atoms with Crippen molar-refractivity contribution in [1.82, 2.24) is 15.5 Å². The van der Waals surface area contributed by atoms with E-state index in [-0.39, 0.29) is 6.61 Å². The van der Waals surface area contributed by atoms with E-state index in [4.69, 9.17) is 9.47 Å². The van der Waals surface area contributed by atoms with Crippen LogP contribution in [0.2, 0.25) is 0 Å². The molecule has 0 radical (unpaired) electrons. The number of hydrogen-bond donors (Lipinski definition) is 2. The Morgan fingerprint density at radius 1 is 1.12 bits per heavy atom. The van der Waals surface area contributed by atoms with Gasteiger partial charge in [-0.3, -0.25) is 5.10 Å². The number of H-pyrrole nitrogens is 1. The molecule has 1 aliphatic rings. The standard InChI is InChI=1S/C18H15F2N3O3/c19-18(20)9-21-17(24)25-8-11-2-1-3-12(6-11)16-14-7-13(26-10-18)4-5-15(14)22-23-16/h1-7H,8-10H2,(H,21,24)(H,22,23). The molecule has 6 nitrogen and oxygen atoms in total. The number of aromatic nitrogens is 2. The number of hydrogen-bond acceptors (Lipinski definition) is 4. The van der Waals surface area contributed by atoms with Crippen molar-refractivity contribution in [1.29, 1.82) is 0 Å². The third-order valence-corrected chi connectivity index (χ3v) is 4.05. The highest BCUT2D eigenvalue weighted by molar-refractivity contribution is 5.93. The molecule has 2 N–H and O–H groups in total. The Balaban J connectivity index is 1.78. The van der Waals surface area contributed by atoms with Gasteiger partial charge in [0.15, 0.2) is 6.61 Å². The molecule has 0 fully saturated rings. The second-order valence-corrected chi connectivity index (χ2v) is 6.05. The number of rotatable bonds is 0. The van der Waals surface area contributed by atoms with Gasteiger partial charge in [0.1, 0.15) is 18.1 Å². The lowest BCUT2D eigenvalue weighted by molar-refractivity contribution is -0.0386. The molecule has 0 saturated heterocycles.